The lowest BCUT2D eigenvalue weighted by Gasteiger charge is -2.34. The molecule has 0 atom stereocenters. The first-order chi connectivity index (χ1) is 10.3. The van der Waals surface area contributed by atoms with Crippen LogP contribution in [0, 0.1) is 22.5 Å². The maximum Gasteiger partial charge on any atom is 0.273 e. The molecular formula is C14H21N3O4S. The van der Waals surface area contributed by atoms with E-state index in [0.717, 1.165) is 25.9 Å². The van der Waals surface area contributed by atoms with Gasteiger partial charge in [-0.2, -0.15) is 0 Å². The molecule has 122 valence electrons. The fourth-order valence-corrected chi connectivity index (χ4v) is 4.11. The van der Waals surface area contributed by atoms with Crippen molar-refractivity contribution in [2.45, 2.75) is 31.6 Å². The molecule has 0 aliphatic carbocycles. The summed E-state index contributed by atoms with van der Waals surface area (Å²) in [5.74, 6) is 0. The molecule has 0 saturated carbocycles. The number of benzene rings is 1. The zero-order valence-electron chi connectivity index (χ0n) is 12.8. The highest BCUT2D eigenvalue weighted by Gasteiger charge is 2.30. The Balaban J connectivity index is 2.20. The SMILES string of the molecule is Cc1c([N+](=O)[O-])cccc1S(=O)(=O)NCC1(C)CCNCC1. The van der Waals surface area contributed by atoms with E-state index in [1.165, 1.54) is 25.1 Å². The van der Waals surface area contributed by atoms with Gasteiger partial charge in [-0.15, -0.1) is 0 Å². The largest absolute Gasteiger partial charge is 0.317 e. The minimum atomic E-state index is -3.76. The first kappa shape index (κ1) is 16.9. The van der Waals surface area contributed by atoms with Crippen molar-refractivity contribution in [1.82, 2.24) is 10.0 Å². The summed E-state index contributed by atoms with van der Waals surface area (Å²) in [5.41, 5.74) is -0.112. The van der Waals surface area contributed by atoms with Crippen molar-refractivity contribution < 1.29 is 13.3 Å². The maximum atomic E-state index is 12.5. The third kappa shape index (κ3) is 3.63. The Bertz CT molecular complexity index is 667. The van der Waals surface area contributed by atoms with Gasteiger partial charge >= 0.3 is 0 Å². The Morgan fingerprint density at radius 2 is 2.00 bits per heavy atom. The van der Waals surface area contributed by atoms with Crippen LogP contribution >= 0.6 is 0 Å². The zero-order chi connectivity index (χ0) is 16.4. The van der Waals surface area contributed by atoms with E-state index in [2.05, 4.69) is 17.0 Å². The molecule has 22 heavy (non-hydrogen) atoms. The fourth-order valence-electron chi connectivity index (χ4n) is 2.65. The van der Waals surface area contributed by atoms with Gasteiger partial charge < -0.3 is 5.32 Å². The van der Waals surface area contributed by atoms with E-state index in [0.29, 0.717) is 6.54 Å². The molecule has 1 aromatic rings. The number of hydrogen-bond donors (Lipinski definition) is 2. The maximum absolute atomic E-state index is 12.5. The monoisotopic (exact) mass is 327 g/mol. The molecule has 0 amide bonds. The second-order valence-electron chi connectivity index (χ2n) is 6.04. The highest BCUT2D eigenvalue weighted by molar-refractivity contribution is 7.89. The van der Waals surface area contributed by atoms with Crippen LogP contribution in [-0.2, 0) is 10.0 Å². The lowest BCUT2D eigenvalue weighted by Crippen LogP contribution is -2.42. The molecule has 1 aromatic carbocycles. The molecule has 1 saturated heterocycles. The quantitative estimate of drug-likeness (QED) is 0.631. The lowest BCUT2D eigenvalue weighted by atomic mass is 9.81. The van der Waals surface area contributed by atoms with Crippen molar-refractivity contribution in [2.75, 3.05) is 19.6 Å². The summed E-state index contributed by atoms with van der Waals surface area (Å²) in [6, 6.07) is 4.10. The van der Waals surface area contributed by atoms with Crippen LogP contribution in [0.15, 0.2) is 23.1 Å². The van der Waals surface area contributed by atoms with Crippen molar-refractivity contribution in [3.05, 3.63) is 33.9 Å². The standard InChI is InChI=1S/C14H21N3O4S/c1-11-12(17(18)19)4-3-5-13(11)22(20,21)16-10-14(2)6-8-15-9-7-14/h3-5,15-16H,6-10H2,1-2H3. The summed E-state index contributed by atoms with van der Waals surface area (Å²) in [6.45, 7) is 5.58. The van der Waals surface area contributed by atoms with Crippen LogP contribution in [0.2, 0.25) is 0 Å². The topological polar surface area (TPSA) is 101 Å². The van der Waals surface area contributed by atoms with E-state index >= 15 is 0 Å². The molecule has 1 heterocycles. The van der Waals surface area contributed by atoms with Gasteiger partial charge in [0.05, 0.1) is 9.82 Å². The lowest BCUT2D eigenvalue weighted by molar-refractivity contribution is -0.385. The summed E-state index contributed by atoms with van der Waals surface area (Å²) in [5, 5.41) is 14.2. The summed E-state index contributed by atoms with van der Waals surface area (Å²) in [6.07, 6.45) is 1.78. The second kappa shape index (κ2) is 6.31. The van der Waals surface area contributed by atoms with Gasteiger partial charge in [-0.3, -0.25) is 10.1 Å². The molecule has 1 aliphatic rings. The van der Waals surface area contributed by atoms with Crippen molar-refractivity contribution in [2.24, 2.45) is 5.41 Å². The van der Waals surface area contributed by atoms with Crippen LogP contribution in [0.4, 0.5) is 5.69 Å². The van der Waals surface area contributed by atoms with Crippen molar-refractivity contribution in [1.29, 1.82) is 0 Å². The van der Waals surface area contributed by atoms with Gasteiger partial charge in [0.25, 0.3) is 5.69 Å². The smallest absolute Gasteiger partial charge is 0.273 e. The normalized spacial score (nSPS) is 18.1. The van der Waals surface area contributed by atoms with Gasteiger partial charge in [-0.05, 0) is 44.3 Å². The Morgan fingerprint density at radius 3 is 2.59 bits per heavy atom. The van der Waals surface area contributed by atoms with Crippen LogP contribution in [0.5, 0.6) is 0 Å². The van der Waals surface area contributed by atoms with Crippen molar-refractivity contribution in [3.8, 4) is 0 Å². The van der Waals surface area contributed by atoms with Crippen LogP contribution in [0.1, 0.15) is 25.3 Å². The van der Waals surface area contributed by atoms with Gasteiger partial charge in [0.15, 0.2) is 0 Å². The molecule has 0 bridgehead atoms. The van der Waals surface area contributed by atoms with Gasteiger partial charge in [-0.25, -0.2) is 13.1 Å². The van der Waals surface area contributed by atoms with Gasteiger partial charge in [0.1, 0.15) is 0 Å². The first-order valence-corrected chi connectivity index (χ1v) is 8.68. The van der Waals surface area contributed by atoms with E-state index in [1.54, 1.807) is 0 Å². The number of nitro benzene ring substituents is 1. The zero-order valence-corrected chi connectivity index (χ0v) is 13.6. The number of piperidine rings is 1. The summed E-state index contributed by atoms with van der Waals surface area (Å²) in [7, 11) is -3.76. The number of hydrogen-bond acceptors (Lipinski definition) is 5. The molecule has 7 nitrogen and oxygen atoms in total. The average Bonchev–Trinajstić information content (AvgIpc) is 2.46. The average molecular weight is 327 g/mol. The van der Waals surface area contributed by atoms with E-state index < -0.39 is 14.9 Å². The molecule has 1 fully saturated rings. The molecule has 2 rings (SSSR count). The Morgan fingerprint density at radius 1 is 1.36 bits per heavy atom. The third-order valence-electron chi connectivity index (χ3n) is 4.24. The first-order valence-electron chi connectivity index (χ1n) is 7.20. The van der Waals surface area contributed by atoms with Crippen LogP contribution < -0.4 is 10.0 Å². The summed E-state index contributed by atoms with van der Waals surface area (Å²) < 4.78 is 27.5. The summed E-state index contributed by atoms with van der Waals surface area (Å²) in [4.78, 5) is 10.3. The van der Waals surface area contributed by atoms with Crippen molar-refractivity contribution in [3.63, 3.8) is 0 Å². The van der Waals surface area contributed by atoms with Crippen molar-refractivity contribution >= 4 is 15.7 Å². The van der Waals surface area contributed by atoms with Gasteiger partial charge in [0, 0.05) is 18.2 Å². The predicted octanol–water partition coefficient (Wildman–Crippen LogP) is 1.57. The highest BCUT2D eigenvalue weighted by Crippen LogP contribution is 2.29. The fraction of sp³-hybridized carbons (Fsp3) is 0.571. The molecular weight excluding hydrogens is 306 g/mol. The minimum absolute atomic E-state index is 0.0285. The number of nitrogens with one attached hydrogen (secondary N) is 2. The molecule has 0 radical (unpaired) electrons. The minimum Gasteiger partial charge on any atom is -0.317 e. The number of rotatable bonds is 5. The molecule has 8 heteroatoms. The Hall–Kier alpha value is -1.51. The van der Waals surface area contributed by atoms with E-state index in [4.69, 9.17) is 0 Å². The highest BCUT2D eigenvalue weighted by atomic mass is 32.2. The predicted molar refractivity (Wildman–Crippen MR) is 83.2 cm³/mol. The van der Waals surface area contributed by atoms with E-state index in [-0.39, 0.29) is 21.6 Å². The number of nitrogens with zero attached hydrogens (tertiary/aromatic N) is 1. The Kier molecular flexibility index (Phi) is 4.84. The Labute approximate surface area is 130 Å². The second-order valence-corrected chi connectivity index (χ2v) is 7.78. The summed E-state index contributed by atoms with van der Waals surface area (Å²) >= 11 is 0. The molecule has 0 spiro atoms. The molecule has 0 aromatic heterocycles. The number of sulfonamides is 1. The third-order valence-corrected chi connectivity index (χ3v) is 5.79. The van der Waals surface area contributed by atoms with Crippen LogP contribution in [-0.4, -0.2) is 33.0 Å². The molecule has 1 aliphatic heterocycles. The van der Waals surface area contributed by atoms with Gasteiger partial charge in [0.2, 0.25) is 10.0 Å². The van der Waals surface area contributed by atoms with E-state index in [1.807, 2.05) is 0 Å². The molecule has 0 unspecified atom stereocenters. The molecule has 2 N–H and O–H groups in total. The van der Waals surface area contributed by atoms with Gasteiger partial charge in [-0.1, -0.05) is 13.0 Å². The number of nitro groups is 1. The van der Waals surface area contributed by atoms with Crippen LogP contribution in [0.25, 0.3) is 0 Å². The van der Waals surface area contributed by atoms with Crippen LogP contribution in [0.3, 0.4) is 0 Å². The van der Waals surface area contributed by atoms with E-state index in [9.17, 15) is 18.5 Å².